The van der Waals surface area contributed by atoms with Gasteiger partial charge in [0.25, 0.3) is 0 Å². The van der Waals surface area contributed by atoms with Gasteiger partial charge >= 0.3 is 5.97 Å². The van der Waals surface area contributed by atoms with Crippen molar-refractivity contribution in [2.45, 2.75) is 38.8 Å². The van der Waals surface area contributed by atoms with Gasteiger partial charge in [0, 0.05) is 30.0 Å². The fourth-order valence-corrected chi connectivity index (χ4v) is 2.34. The summed E-state index contributed by atoms with van der Waals surface area (Å²) >= 11 is 0. The minimum Gasteiger partial charge on any atom is -0.462 e. The Labute approximate surface area is 126 Å². The molecule has 3 N–H and O–H groups in total. The number of esters is 1. The maximum absolute atomic E-state index is 12.0. The topological polar surface area (TPSA) is 67.6 Å². The first-order valence-electron chi connectivity index (χ1n) is 7.55. The fraction of sp³-hybridized carbons (Fsp3) is 0.562. The third-order valence-electron chi connectivity index (χ3n) is 3.94. The van der Waals surface area contributed by atoms with E-state index in [1.165, 1.54) is 12.8 Å². The summed E-state index contributed by atoms with van der Waals surface area (Å²) in [6, 6.07) is 6.42. The Morgan fingerprint density at radius 2 is 2.24 bits per heavy atom. The number of hydrogen-bond donors (Lipinski definition) is 2. The Morgan fingerprint density at radius 1 is 1.52 bits per heavy atom. The Balaban J connectivity index is 2.02. The smallest absolute Gasteiger partial charge is 0.340 e. The third-order valence-corrected chi connectivity index (χ3v) is 3.94. The summed E-state index contributed by atoms with van der Waals surface area (Å²) in [5, 5.41) is 3.35. The summed E-state index contributed by atoms with van der Waals surface area (Å²) in [5.74, 6) is -0.337. The van der Waals surface area contributed by atoms with Gasteiger partial charge in [-0.15, -0.1) is 0 Å². The largest absolute Gasteiger partial charge is 0.462 e. The van der Waals surface area contributed by atoms with Crippen LogP contribution in [-0.2, 0) is 4.74 Å². The van der Waals surface area contributed by atoms with Crippen LogP contribution in [0.1, 0.15) is 37.0 Å². The number of nitrogen functional groups attached to an aromatic ring is 1. The molecule has 0 heterocycles. The molecule has 1 aliphatic carbocycles. The quantitative estimate of drug-likeness (QED) is 0.596. The average molecular weight is 291 g/mol. The van der Waals surface area contributed by atoms with E-state index in [0.717, 1.165) is 18.3 Å². The molecule has 0 spiro atoms. The SMILES string of the molecule is CCOC(=O)c1cc(N)ccc1NCC(C)N(C)C1CC1. The molecular formula is C16H25N3O2. The van der Waals surface area contributed by atoms with Crippen LogP contribution in [0.15, 0.2) is 18.2 Å². The van der Waals surface area contributed by atoms with Crippen LogP contribution in [0, 0.1) is 0 Å². The fourth-order valence-electron chi connectivity index (χ4n) is 2.34. The lowest BCUT2D eigenvalue weighted by molar-refractivity contribution is 0.0527. The van der Waals surface area contributed by atoms with Crippen molar-refractivity contribution >= 4 is 17.3 Å². The zero-order valence-electron chi connectivity index (χ0n) is 13.1. The maximum Gasteiger partial charge on any atom is 0.340 e. The minimum atomic E-state index is -0.337. The number of benzene rings is 1. The summed E-state index contributed by atoms with van der Waals surface area (Å²) in [6.45, 7) is 5.12. The van der Waals surface area contributed by atoms with E-state index >= 15 is 0 Å². The molecule has 1 fully saturated rings. The standard InChI is InChI=1S/C16H25N3O2/c1-4-21-16(20)14-9-12(17)5-8-15(14)18-10-11(2)19(3)13-6-7-13/h5,8-9,11,13,18H,4,6-7,10,17H2,1-3H3. The molecule has 5 nitrogen and oxygen atoms in total. The van der Waals surface area contributed by atoms with Crippen LogP contribution < -0.4 is 11.1 Å². The zero-order valence-corrected chi connectivity index (χ0v) is 13.1. The Bertz CT molecular complexity index is 500. The molecule has 1 aliphatic rings. The van der Waals surface area contributed by atoms with Gasteiger partial charge in [-0.1, -0.05) is 0 Å². The van der Waals surface area contributed by atoms with Crippen LogP contribution in [0.5, 0.6) is 0 Å². The van der Waals surface area contributed by atoms with Crippen molar-refractivity contribution < 1.29 is 9.53 Å². The highest BCUT2D eigenvalue weighted by Gasteiger charge is 2.29. The van der Waals surface area contributed by atoms with E-state index in [-0.39, 0.29) is 5.97 Å². The van der Waals surface area contributed by atoms with Gasteiger partial charge in [-0.3, -0.25) is 4.90 Å². The van der Waals surface area contributed by atoms with Crippen LogP contribution in [0.2, 0.25) is 0 Å². The molecule has 0 amide bonds. The summed E-state index contributed by atoms with van der Waals surface area (Å²) in [5.41, 5.74) is 7.61. The van der Waals surface area contributed by atoms with E-state index in [1.807, 2.05) is 6.07 Å². The third kappa shape index (κ3) is 4.11. The van der Waals surface area contributed by atoms with Crippen molar-refractivity contribution in [3.63, 3.8) is 0 Å². The van der Waals surface area contributed by atoms with Crippen molar-refractivity contribution in [3.8, 4) is 0 Å². The number of hydrogen-bond acceptors (Lipinski definition) is 5. The molecule has 1 unspecified atom stereocenters. The van der Waals surface area contributed by atoms with Gasteiger partial charge in [-0.05, 0) is 51.9 Å². The molecule has 2 rings (SSSR count). The van der Waals surface area contributed by atoms with Crippen LogP contribution >= 0.6 is 0 Å². The molecule has 1 saturated carbocycles. The van der Waals surface area contributed by atoms with E-state index in [0.29, 0.717) is 23.9 Å². The van der Waals surface area contributed by atoms with Gasteiger partial charge in [-0.2, -0.15) is 0 Å². The number of ether oxygens (including phenoxy) is 1. The van der Waals surface area contributed by atoms with Crippen molar-refractivity contribution in [1.82, 2.24) is 4.90 Å². The second-order valence-corrected chi connectivity index (χ2v) is 5.65. The predicted octanol–water partition coefficient (Wildman–Crippen LogP) is 2.34. The second-order valence-electron chi connectivity index (χ2n) is 5.65. The molecule has 0 saturated heterocycles. The first kappa shape index (κ1) is 15.6. The van der Waals surface area contributed by atoms with Gasteiger partial charge < -0.3 is 15.8 Å². The molecule has 1 aromatic rings. The molecule has 1 atom stereocenters. The highest BCUT2D eigenvalue weighted by Crippen LogP contribution is 2.27. The lowest BCUT2D eigenvalue weighted by Gasteiger charge is -2.25. The molecule has 0 aromatic heterocycles. The Hall–Kier alpha value is -1.75. The van der Waals surface area contributed by atoms with Crippen LogP contribution in [0.3, 0.4) is 0 Å². The molecule has 0 bridgehead atoms. The molecule has 116 valence electrons. The number of carbonyl (C=O) groups excluding carboxylic acids is 1. The summed E-state index contributed by atoms with van der Waals surface area (Å²) < 4.78 is 5.08. The van der Waals surface area contributed by atoms with Crippen molar-refractivity contribution in [3.05, 3.63) is 23.8 Å². The molecule has 0 radical (unpaired) electrons. The minimum absolute atomic E-state index is 0.337. The van der Waals surface area contributed by atoms with Crippen LogP contribution in [0.25, 0.3) is 0 Å². The highest BCUT2D eigenvalue weighted by molar-refractivity contribution is 5.96. The first-order valence-corrected chi connectivity index (χ1v) is 7.55. The van der Waals surface area contributed by atoms with E-state index in [4.69, 9.17) is 10.5 Å². The van der Waals surface area contributed by atoms with Gasteiger partial charge in [0.2, 0.25) is 0 Å². The Kier molecular flexibility index (Phi) is 5.07. The summed E-state index contributed by atoms with van der Waals surface area (Å²) in [7, 11) is 2.15. The Morgan fingerprint density at radius 3 is 2.86 bits per heavy atom. The zero-order chi connectivity index (χ0) is 15.4. The number of rotatable bonds is 7. The molecule has 0 aliphatic heterocycles. The summed E-state index contributed by atoms with van der Waals surface area (Å²) in [4.78, 5) is 14.4. The lowest BCUT2D eigenvalue weighted by atomic mass is 10.1. The van der Waals surface area contributed by atoms with Crippen molar-refractivity contribution in [1.29, 1.82) is 0 Å². The monoisotopic (exact) mass is 291 g/mol. The molecular weight excluding hydrogens is 266 g/mol. The summed E-state index contributed by atoms with van der Waals surface area (Å²) in [6.07, 6.45) is 2.58. The van der Waals surface area contributed by atoms with Gasteiger partial charge in [0.1, 0.15) is 0 Å². The average Bonchev–Trinajstić information content (AvgIpc) is 3.29. The maximum atomic E-state index is 12.0. The number of nitrogens with two attached hydrogens (primary N) is 1. The predicted molar refractivity (Wildman–Crippen MR) is 85.5 cm³/mol. The highest BCUT2D eigenvalue weighted by atomic mass is 16.5. The first-order chi connectivity index (χ1) is 10.0. The van der Waals surface area contributed by atoms with E-state index < -0.39 is 0 Å². The number of nitrogens with one attached hydrogen (secondary N) is 1. The van der Waals surface area contributed by atoms with Crippen molar-refractivity contribution in [2.24, 2.45) is 0 Å². The van der Waals surface area contributed by atoms with Crippen LogP contribution in [-0.4, -0.2) is 43.2 Å². The normalized spacial score (nSPS) is 15.8. The number of carbonyl (C=O) groups is 1. The number of nitrogens with zero attached hydrogens (tertiary/aromatic N) is 1. The number of anilines is 2. The van der Waals surface area contributed by atoms with E-state index in [1.54, 1.807) is 19.1 Å². The lowest BCUT2D eigenvalue weighted by Crippen LogP contribution is -2.36. The molecule has 21 heavy (non-hydrogen) atoms. The second kappa shape index (κ2) is 6.80. The number of likely N-dealkylation sites (N-methyl/N-ethyl adjacent to an activating group) is 1. The van der Waals surface area contributed by atoms with Gasteiger partial charge in [0.15, 0.2) is 0 Å². The van der Waals surface area contributed by atoms with Crippen LogP contribution in [0.4, 0.5) is 11.4 Å². The van der Waals surface area contributed by atoms with Gasteiger partial charge in [-0.25, -0.2) is 4.79 Å². The van der Waals surface area contributed by atoms with E-state index in [9.17, 15) is 4.79 Å². The van der Waals surface area contributed by atoms with Gasteiger partial charge in [0.05, 0.1) is 12.2 Å². The van der Waals surface area contributed by atoms with Crippen molar-refractivity contribution in [2.75, 3.05) is 31.2 Å². The molecule has 5 heteroatoms. The molecule has 1 aromatic carbocycles. The van der Waals surface area contributed by atoms with E-state index in [2.05, 4.69) is 24.2 Å².